The molecule has 2 heterocycles. The zero-order chi connectivity index (χ0) is 20.5. The van der Waals surface area contributed by atoms with Crippen molar-refractivity contribution in [2.75, 3.05) is 53.6 Å². The molecule has 1 saturated heterocycles. The van der Waals surface area contributed by atoms with E-state index in [1.807, 2.05) is 24.5 Å². The molecule has 0 amide bonds. The summed E-state index contributed by atoms with van der Waals surface area (Å²) >= 11 is 1.81. The number of nitrogens with zero attached hydrogens (tertiary/aromatic N) is 2. The molecule has 1 atom stereocenters. The minimum atomic E-state index is 0. The second-order valence-electron chi connectivity index (χ2n) is 7.12. The zero-order valence-corrected chi connectivity index (χ0v) is 21.2. The van der Waals surface area contributed by atoms with E-state index in [0.717, 1.165) is 57.5 Å². The molecule has 0 aliphatic carbocycles. The molecule has 0 saturated carbocycles. The molecule has 0 bridgehead atoms. The fourth-order valence-electron chi connectivity index (χ4n) is 3.61. The summed E-state index contributed by atoms with van der Waals surface area (Å²) in [6.07, 6.45) is 0.878. The Morgan fingerprint density at radius 2 is 2.07 bits per heavy atom. The van der Waals surface area contributed by atoms with Crippen LogP contribution in [0.2, 0.25) is 0 Å². The molecule has 2 aromatic rings. The van der Waals surface area contributed by atoms with Crippen LogP contribution in [0.25, 0.3) is 0 Å². The van der Waals surface area contributed by atoms with E-state index in [1.165, 1.54) is 16.0 Å². The number of benzene rings is 1. The van der Waals surface area contributed by atoms with Gasteiger partial charge in [-0.15, -0.1) is 35.3 Å². The first-order chi connectivity index (χ1) is 14.2. The third-order valence-electron chi connectivity index (χ3n) is 5.17. The van der Waals surface area contributed by atoms with Crippen LogP contribution in [0.3, 0.4) is 0 Å². The van der Waals surface area contributed by atoms with Gasteiger partial charge < -0.3 is 20.1 Å². The van der Waals surface area contributed by atoms with Gasteiger partial charge >= 0.3 is 0 Å². The van der Waals surface area contributed by atoms with Crippen LogP contribution in [0.4, 0.5) is 0 Å². The number of methoxy groups -OCH3 is 1. The fraction of sp³-hybridized carbons (Fsp3) is 0.500. The quantitative estimate of drug-likeness (QED) is 0.303. The second kappa shape index (κ2) is 13.1. The Morgan fingerprint density at radius 3 is 2.73 bits per heavy atom. The van der Waals surface area contributed by atoms with E-state index in [1.54, 1.807) is 7.11 Å². The third-order valence-corrected chi connectivity index (χ3v) is 6.14. The molecular weight excluding hydrogens is 511 g/mol. The number of guanidine groups is 1. The van der Waals surface area contributed by atoms with Crippen molar-refractivity contribution in [1.29, 1.82) is 0 Å². The van der Waals surface area contributed by atoms with Gasteiger partial charge in [-0.2, -0.15) is 0 Å². The van der Waals surface area contributed by atoms with Crippen LogP contribution in [0.5, 0.6) is 5.75 Å². The van der Waals surface area contributed by atoms with Crippen LogP contribution >= 0.6 is 35.3 Å². The predicted octanol–water partition coefficient (Wildman–Crippen LogP) is 3.46. The summed E-state index contributed by atoms with van der Waals surface area (Å²) in [5.74, 6) is 1.76. The highest BCUT2D eigenvalue weighted by molar-refractivity contribution is 14.0. The van der Waals surface area contributed by atoms with Crippen LogP contribution in [-0.4, -0.2) is 64.4 Å². The first-order valence-electron chi connectivity index (χ1n) is 10.1. The number of nitrogens with one attached hydrogen (secondary N) is 2. The van der Waals surface area contributed by atoms with Gasteiger partial charge in [-0.05, 0) is 36.4 Å². The number of hydrogen-bond donors (Lipinski definition) is 2. The summed E-state index contributed by atoms with van der Waals surface area (Å²) in [6, 6.07) is 11.0. The smallest absolute Gasteiger partial charge is 0.191 e. The summed E-state index contributed by atoms with van der Waals surface area (Å²) in [4.78, 5) is 8.27. The molecule has 3 rings (SSSR count). The Labute approximate surface area is 201 Å². The normalized spacial score (nSPS) is 15.9. The Morgan fingerprint density at radius 1 is 1.27 bits per heavy atom. The van der Waals surface area contributed by atoms with Gasteiger partial charge in [0, 0.05) is 38.1 Å². The molecule has 1 aromatic carbocycles. The van der Waals surface area contributed by atoms with Gasteiger partial charge in [-0.25, -0.2) is 0 Å². The molecule has 8 heteroatoms. The van der Waals surface area contributed by atoms with E-state index in [0.29, 0.717) is 6.04 Å². The van der Waals surface area contributed by atoms with Crippen LogP contribution in [-0.2, 0) is 11.2 Å². The molecular formula is C22H33IN4O2S. The number of hydrogen-bond acceptors (Lipinski definition) is 5. The van der Waals surface area contributed by atoms with Crippen molar-refractivity contribution in [3.05, 3.63) is 51.7 Å². The maximum atomic E-state index is 5.53. The van der Waals surface area contributed by atoms with Crippen molar-refractivity contribution >= 4 is 41.3 Å². The lowest BCUT2D eigenvalue weighted by Gasteiger charge is -2.34. The van der Waals surface area contributed by atoms with Crippen LogP contribution < -0.4 is 15.4 Å². The lowest BCUT2D eigenvalue weighted by Crippen LogP contribution is -2.46. The molecule has 1 aromatic heterocycles. The van der Waals surface area contributed by atoms with E-state index in [4.69, 9.17) is 9.47 Å². The van der Waals surface area contributed by atoms with Gasteiger partial charge in [0.2, 0.25) is 0 Å². The molecule has 6 nitrogen and oxygen atoms in total. The molecule has 0 spiro atoms. The molecule has 1 aliphatic heterocycles. The van der Waals surface area contributed by atoms with Gasteiger partial charge in [-0.3, -0.25) is 9.89 Å². The van der Waals surface area contributed by atoms with E-state index < -0.39 is 0 Å². The number of halogens is 1. The molecule has 0 radical (unpaired) electrons. The Hall–Kier alpha value is -1.36. The van der Waals surface area contributed by atoms with E-state index in [2.05, 4.69) is 57.1 Å². The van der Waals surface area contributed by atoms with Gasteiger partial charge in [-0.1, -0.05) is 23.8 Å². The highest BCUT2D eigenvalue weighted by atomic mass is 127. The van der Waals surface area contributed by atoms with Crippen LogP contribution in [0, 0.1) is 6.92 Å². The molecule has 166 valence electrons. The van der Waals surface area contributed by atoms with Crippen molar-refractivity contribution in [3.63, 3.8) is 0 Å². The summed E-state index contributed by atoms with van der Waals surface area (Å²) in [6.45, 7) is 7.23. The lowest BCUT2D eigenvalue weighted by atomic mass is 10.1. The number of morpholine rings is 1. The van der Waals surface area contributed by atoms with E-state index in [-0.39, 0.29) is 24.0 Å². The molecule has 2 N–H and O–H groups in total. The number of aryl methyl sites for hydroxylation is 1. The second-order valence-corrected chi connectivity index (χ2v) is 8.10. The largest absolute Gasteiger partial charge is 0.496 e. The minimum Gasteiger partial charge on any atom is -0.496 e. The first-order valence-corrected chi connectivity index (χ1v) is 11.0. The zero-order valence-electron chi connectivity index (χ0n) is 18.0. The average molecular weight is 545 g/mol. The predicted molar refractivity (Wildman–Crippen MR) is 136 cm³/mol. The van der Waals surface area contributed by atoms with E-state index >= 15 is 0 Å². The third kappa shape index (κ3) is 7.11. The van der Waals surface area contributed by atoms with Crippen molar-refractivity contribution < 1.29 is 9.47 Å². The highest BCUT2D eigenvalue weighted by Crippen LogP contribution is 2.25. The summed E-state index contributed by atoms with van der Waals surface area (Å²) in [5, 5.41) is 9.09. The maximum absolute atomic E-state index is 5.53. The highest BCUT2D eigenvalue weighted by Gasteiger charge is 2.23. The average Bonchev–Trinajstić information content (AvgIpc) is 3.28. The van der Waals surface area contributed by atoms with Crippen molar-refractivity contribution in [1.82, 2.24) is 15.5 Å². The minimum absolute atomic E-state index is 0. The topological polar surface area (TPSA) is 58.1 Å². The van der Waals surface area contributed by atoms with Crippen molar-refractivity contribution in [2.24, 2.45) is 4.99 Å². The van der Waals surface area contributed by atoms with E-state index in [9.17, 15) is 0 Å². The summed E-state index contributed by atoms with van der Waals surface area (Å²) in [5.41, 5.74) is 2.45. The molecule has 1 aliphatic rings. The Kier molecular flexibility index (Phi) is 10.9. The Balaban J connectivity index is 0.00000320. The van der Waals surface area contributed by atoms with Crippen molar-refractivity contribution in [3.8, 4) is 5.75 Å². The van der Waals surface area contributed by atoms with Crippen LogP contribution in [0.1, 0.15) is 22.0 Å². The van der Waals surface area contributed by atoms with Gasteiger partial charge in [0.15, 0.2) is 5.96 Å². The van der Waals surface area contributed by atoms with Gasteiger partial charge in [0.25, 0.3) is 0 Å². The number of thiophene rings is 1. The first kappa shape index (κ1) is 24.9. The SMILES string of the molecule is CN=C(NCCc1cc(C)ccc1OC)NCC(c1cccs1)N1CCOCC1.I. The molecule has 1 unspecified atom stereocenters. The van der Waals surface area contributed by atoms with Crippen LogP contribution in [0.15, 0.2) is 40.7 Å². The Bertz CT molecular complexity index is 779. The maximum Gasteiger partial charge on any atom is 0.191 e. The van der Waals surface area contributed by atoms with Crippen molar-refractivity contribution in [2.45, 2.75) is 19.4 Å². The number of ether oxygens (including phenoxy) is 2. The van der Waals surface area contributed by atoms with Gasteiger partial charge in [0.05, 0.1) is 26.4 Å². The fourth-order valence-corrected chi connectivity index (χ4v) is 4.47. The monoisotopic (exact) mass is 544 g/mol. The summed E-state index contributed by atoms with van der Waals surface area (Å²) in [7, 11) is 3.54. The number of rotatable bonds is 8. The standard InChI is InChI=1S/C22H32N4O2S.HI/c1-17-6-7-20(27-3)18(15-17)8-9-24-22(23-2)25-16-19(21-5-4-14-29-21)26-10-12-28-13-11-26;/h4-7,14-15,19H,8-13,16H2,1-3H3,(H2,23,24,25);1H. The molecule has 30 heavy (non-hydrogen) atoms. The molecule has 1 fully saturated rings. The van der Waals surface area contributed by atoms with Gasteiger partial charge in [0.1, 0.15) is 5.75 Å². The lowest BCUT2D eigenvalue weighted by molar-refractivity contribution is 0.0177. The summed E-state index contributed by atoms with van der Waals surface area (Å²) < 4.78 is 11.0. The number of aliphatic imine (C=N–C) groups is 1.